The van der Waals surface area contributed by atoms with E-state index in [0.29, 0.717) is 5.56 Å². The minimum Gasteiger partial charge on any atom is -0.307 e. The monoisotopic (exact) mass is 292 g/mol. The third kappa shape index (κ3) is 3.59. The van der Waals surface area contributed by atoms with E-state index in [1.54, 1.807) is 13.0 Å². The van der Waals surface area contributed by atoms with E-state index in [4.69, 9.17) is 6.92 Å². The minimum atomic E-state index is -4.56. The fourth-order valence-electron chi connectivity index (χ4n) is 1.63. The van der Waals surface area contributed by atoms with Crippen molar-refractivity contribution in [3.05, 3.63) is 65.7 Å². The highest BCUT2D eigenvalue weighted by atomic mass is 19.4. The van der Waals surface area contributed by atoms with Crippen LogP contribution in [0.4, 0.5) is 19.0 Å². The van der Waals surface area contributed by atoms with Gasteiger partial charge in [0.25, 0.3) is 5.91 Å². The van der Waals surface area contributed by atoms with Crippen molar-refractivity contribution in [2.45, 2.75) is 13.1 Å². The molecule has 0 aliphatic heterocycles. The van der Waals surface area contributed by atoms with E-state index in [2.05, 4.69) is 10.3 Å². The summed E-state index contributed by atoms with van der Waals surface area (Å²) in [6.45, 7) is 7.47. The molecule has 21 heavy (non-hydrogen) atoms. The second-order valence-electron chi connectivity index (χ2n) is 4.43. The highest BCUT2D eigenvalue weighted by Gasteiger charge is 2.32. The number of aryl methyl sites for hydroxylation is 1. The van der Waals surface area contributed by atoms with Crippen molar-refractivity contribution in [1.29, 1.82) is 0 Å². The Hall–Kier alpha value is -2.37. The summed E-state index contributed by atoms with van der Waals surface area (Å²) in [5, 5.41) is 2.31. The first-order valence-electron chi connectivity index (χ1n) is 5.99. The largest absolute Gasteiger partial charge is 0.433 e. The molecule has 0 spiro atoms. The molecule has 0 atom stereocenters. The number of aromatic nitrogens is 1. The van der Waals surface area contributed by atoms with Gasteiger partial charge in [0.15, 0.2) is 0 Å². The Morgan fingerprint density at radius 1 is 1.24 bits per heavy atom. The molecule has 3 nitrogen and oxygen atoms in total. The standard InChI is InChI=1S/C15H11F3N2O/c1-9-6-7-11(8-10(9)2)14(21)20-13-5-3-4-12(19-13)15(16,17)18/h2-8H,1H3,(H,19,20,21). The molecule has 0 aliphatic carbocycles. The molecule has 1 N–H and O–H groups in total. The molecule has 2 aromatic rings. The van der Waals surface area contributed by atoms with Gasteiger partial charge in [0.05, 0.1) is 0 Å². The van der Waals surface area contributed by atoms with Crippen LogP contribution in [-0.2, 0) is 6.18 Å². The zero-order chi connectivity index (χ0) is 15.6. The van der Waals surface area contributed by atoms with E-state index in [9.17, 15) is 18.0 Å². The summed E-state index contributed by atoms with van der Waals surface area (Å²) in [6, 6.07) is 7.94. The average Bonchev–Trinajstić information content (AvgIpc) is 2.41. The molecule has 1 aromatic heterocycles. The van der Waals surface area contributed by atoms with Crippen LogP contribution in [-0.4, -0.2) is 10.9 Å². The fourth-order valence-corrected chi connectivity index (χ4v) is 1.63. The number of carbonyl (C=O) groups is 1. The number of anilines is 1. The number of pyridine rings is 1. The van der Waals surface area contributed by atoms with Gasteiger partial charge in [0.2, 0.25) is 0 Å². The van der Waals surface area contributed by atoms with Crippen LogP contribution in [0.25, 0.3) is 0 Å². The maximum Gasteiger partial charge on any atom is 0.433 e. The van der Waals surface area contributed by atoms with Crippen LogP contribution in [0.15, 0.2) is 36.4 Å². The van der Waals surface area contributed by atoms with Crippen molar-refractivity contribution >= 4 is 11.7 Å². The number of alkyl halides is 3. The first-order valence-corrected chi connectivity index (χ1v) is 5.99. The fraction of sp³-hybridized carbons (Fsp3) is 0.133. The van der Waals surface area contributed by atoms with E-state index >= 15 is 0 Å². The van der Waals surface area contributed by atoms with Crippen molar-refractivity contribution < 1.29 is 18.0 Å². The van der Waals surface area contributed by atoms with Crippen LogP contribution < -0.4 is 5.32 Å². The van der Waals surface area contributed by atoms with Crippen LogP contribution in [0.2, 0.25) is 0 Å². The Labute approximate surface area is 119 Å². The number of nitrogens with one attached hydrogen (secondary N) is 1. The quantitative estimate of drug-likeness (QED) is 0.916. The molecule has 0 unspecified atom stereocenters. The van der Waals surface area contributed by atoms with Gasteiger partial charge in [0.1, 0.15) is 11.5 Å². The highest BCUT2D eigenvalue weighted by molar-refractivity contribution is 6.03. The van der Waals surface area contributed by atoms with Gasteiger partial charge in [-0.3, -0.25) is 4.79 Å². The summed E-state index contributed by atoms with van der Waals surface area (Å²) in [6.07, 6.45) is -4.56. The van der Waals surface area contributed by atoms with Crippen molar-refractivity contribution in [3.8, 4) is 0 Å². The summed E-state index contributed by atoms with van der Waals surface area (Å²) in [5.41, 5.74) is 0.421. The van der Waals surface area contributed by atoms with Crippen LogP contribution in [0.3, 0.4) is 0 Å². The highest BCUT2D eigenvalue weighted by Crippen LogP contribution is 2.28. The van der Waals surface area contributed by atoms with Crippen LogP contribution in [0.5, 0.6) is 0 Å². The van der Waals surface area contributed by atoms with Crippen molar-refractivity contribution in [3.63, 3.8) is 0 Å². The van der Waals surface area contributed by atoms with Gasteiger partial charge >= 0.3 is 6.18 Å². The number of benzene rings is 1. The second-order valence-corrected chi connectivity index (χ2v) is 4.43. The van der Waals surface area contributed by atoms with E-state index in [1.165, 1.54) is 24.3 Å². The SMILES string of the molecule is [CH]c1cc(C(=O)Nc2cccc(C(F)(F)F)n2)ccc1C. The van der Waals surface area contributed by atoms with Gasteiger partial charge < -0.3 is 5.32 Å². The Bertz CT molecular complexity index is 681. The lowest BCUT2D eigenvalue weighted by molar-refractivity contribution is -0.141. The van der Waals surface area contributed by atoms with E-state index in [1.807, 2.05) is 0 Å². The minimum absolute atomic E-state index is 0.172. The number of carbonyl (C=O) groups excluding carboxylic acids is 1. The van der Waals surface area contributed by atoms with Gasteiger partial charge in [-0.25, -0.2) is 4.98 Å². The number of hydrogen-bond donors (Lipinski definition) is 1. The van der Waals surface area contributed by atoms with Gasteiger partial charge in [-0.2, -0.15) is 13.2 Å². The molecule has 1 amide bonds. The Kier molecular flexibility index (Phi) is 3.97. The smallest absolute Gasteiger partial charge is 0.307 e. The van der Waals surface area contributed by atoms with Crippen molar-refractivity contribution in [2.75, 3.05) is 5.32 Å². The average molecular weight is 292 g/mol. The molecule has 2 rings (SSSR count). The Morgan fingerprint density at radius 2 is 1.95 bits per heavy atom. The van der Waals surface area contributed by atoms with Gasteiger partial charge in [-0.05, 0) is 49.2 Å². The predicted molar refractivity (Wildman–Crippen MR) is 71.8 cm³/mol. The number of amides is 1. The molecule has 0 saturated heterocycles. The second kappa shape index (κ2) is 5.55. The summed E-state index contributed by atoms with van der Waals surface area (Å²) in [4.78, 5) is 15.3. The molecule has 1 heterocycles. The van der Waals surface area contributed by atoms with Crippen LogP contribution in [0, 0.1) is 13.8 Å². The Balaban J connectivity index is 2.21. The van der Waals surface area contributed by atoms with Gasteiger partial charge in [-0.1, -0.05) is 12.1 Å². The molecule has 0 saturated carbocycles. The Morgan fingerprint density at radius 3 is 2.57 bits per heavy atom. The third-order valence-corrected chi connectivity index (χ3v) is 2.82. The maximum absolute atomic E-state index is 12.5. The summed E-state index contributed by atoms with van der Waals surface area (Å²) >= 11 is 0. The topological polar surface area (TPSA) is 42.0 Å². The molecular weight excluding hydrogens is 281 g/mol. The van der Waals surface area contributed by atoms with Crippen molar-refractivity contribution in [2.24, 2.45) is 0 Å². The van der Waals surface area contributed by atoms with Gasteiger partial charge in [-0.15, -0.1) is 0 Å². The zero-order valence-corrected chi connectivity index (χ0v) is 11.0. The summed E-state index contributed by atoms with van der Waals surface area (Å²) < 4.78 is 37.6. The molecular formula is C15H11F3N2O. The van der Waals surface area contributed by atoms with E-state index < -0.39 is 17.8 Å². The first kappa shape index (κ1) is 15.0. The third-order valence-electron chi connectivity index (χ3n) is 2.82. The lowest BCUT2D eigenvalue weighted by Crippen LogP contribution is -2.15. The van der Waals surface area contributed by atoms with Crippen LogP contribution >= 0.6 is 0 Å². The molecule has 2 radical (unpaired) electrons. The molecule has 6 heteroatoms. The number of nitrogens with zero attached hydrogens (tertiary/aromatic N) is 1. The zero-order valence-electron chi connectivity index (χ0n) is 11.0. The molecule has 0 aliphatic rings. The predicted octanol–water partition coefficient (Wildman–Crippen LogP) is 3.72. The number of rotatable bonds is 2. The van der Waals surface area contributed by atoms with E-state index in [-0.39, 0.29) is 11.4 Å². The lowest BCUT2D eigenvalue weighted by atomic mass is 10.1. The normalized spacial score (nSPS) is 11.3. The summed E-state index contributed by atoms with van der Waals surface area (Å²) in [5.74, 6) is -0.748. The summed E-state index contributed by atoms with van der Waals surface area (Å²) in [7, 11) is 0. The van der Waals surface area contributed by atoms with Crippen LogP contribution in [0.1, 0.15) is 27.2 Å². The lowest BCUT2D eigenvalue weighted by Gasteiger charge is -2.09. The molecule has 0 fully saturated rings. The van der Waals surface area contributed by atoms with Gasteiger partial charge in [0, 0.05) is 5.56 Å². The molecule has 0 bridgehead atoms. The van der Waals surface area contributed by atoms with E-state index in [0.717, 1.165) is 11.6 Å². The maximum atomic E-state index is 12.5. The molecule has 108 valence electrons. The first-order chi connectivity index (χ1) is 9.77. The number of halogens is 3. The number of hydrogen-bond acceptors (Lipinski definition) is 2. The van der Waals surface area contributed by atoms with Crippen molar-refractivity contribution in [1.82, 2.24) is 4.98 Å². The molecule has 1 aromatic carbocycles.